The summed E-state index contributed by atoms with van der Waals surface area (Å²) in [5.74, 6) is 0.527. The minimum absolute atomic E-state index is 0.0604. The van der Waals surface area contributed by atoms with Gasteiger partial charge < -0.3 is 19.9 Å². The molecule has 0 bridgehead atoms. The van der Waals surface area contributed by atoms with Gasteiger partial charge in [0, 0.05) is 42.9 Å². The molecule has 1 aromatic heterocycles. The summed E-state index contributed by atoms with van der Waals surface area (Å²) >= 11 is 2.74. The molecule has 7 nitrogen and oxygen atoms in total. The molecule has 0 saturated carbocycles. The second-order valence-electron chi connectivity index (χ2n) is 7.69. The van der Waals surface area contributed by atoms with Crippen molar-refractivity contribution in [1.82, 2.24) is 9.88 Å². The molecule has 178 valence electrons. The van der Waals surface area contributed by atoms with Crippen LogP contribution < -0.4 is 15.0 Å². The first kappa shape index (κ1) is 24.0. The van der Waals surface area contributed by atoms with Crippen molar-refractivity contribution in [3.63, 3.8) is 0 Å². The molecule has 1 aliphatic heterocycles. The van der Waals surface area contributed by atoms with Gasteiger partial charge in [-0.2, -0.15) is 0 Å². The molecule has 0 atom stereocenters. The zero-order chi connectivity index (χ0) is 23.9. The Hall–Kier alpha value is -3.11. The Labute approximate surface area is 205 Å². The summed E-state index contributed by atoms with van der Waals surface area (Å²) in [5.41, 5.74) is 2.39. The van der Waals surface area contributed by atoms with Crippen molar-refractivity contribution in [2.45, 2.75) is 10.8 Å². The average molecular weight is 501 g/mol. The molecular formula is C24H25FN4O3S2. The maximum atomic E-state index is 13.0. The van der Waals surface area contributed by atoms with Crippen LogP contribution in [0.25, 0.3) is 0 Å². The number of amides is 2. The van der Waals surface area contributed by atoms with Gasteiger partial charge in [-0.05, 0) is 48.5 Å². The van der Waals surface area contributed by atoms with Gasteiger partial charge in [0.25, 0.3) is 0 Å². The number of thioether (sulfide) groups is 1. The first-order valence-electron chi connectivity index (χ1n) is 10.8. The predicted molar refractivity (Wildman–Crippen MR) is 133 cm³/mol. The van der Waals surface area contributed by atoms with Crippen molar-refractivity contribution in [3.8, 4) is 5.75 Å². The molecule has 2 aromatic carbocycles. The van der Waals surface area contributed by atoms with Crippen molar-refractivity contribution in [3.05, 3.63) is 65.4 Å². The van der Waals surface area contributed by atoms with E-state index in [1.807, 2.05) is 34.5 Å². The zero-order valence-electron chi connectivity index (χ0n) is 18.7. The Bertz CT molecular complexity index is 1110. The average Bonchev–Trinajstić information content (AvgIpc) is 3.31. The number of hydrogen-bond acceptors (Lipinski definition) is 7. The summed E-state index contributed by atoms with van der Waals surface area (Å²) in [5, 5.41) is 4.59. The first-order chi connectivity index (χ1) is 16.5. The highest BCUT2D eigenvalue weighted by Crippen LogP contribution is 2.24. The Kier molecular flexibility index (Phi) is 8.02. The van der Waals surface area contributed by atoms with Crippen LogP contribution in [0.4, 0.5) is 15.8 Å². The number of anilines is 2. The van der Waals surface area contributed by atoms with E-state index in [0.717, 1.165) is 28.9 Å². The molecule has 34 heavy (non-hydrogen) atoms. The Morgan fingerprint density at radius 1 is 1.09 bits per heavy atom. The molecule has 1 aliphatic rings. The second kappa shape index (κ2) is 11.3. The molecule has 0 aliphatic carbocycles. The van der Waals surface area contributed by atoms with Crippen LogP contribution in [0, 0.1) is 5.82 Å². The fourth-order valence-electron chi connectivity index (χ4n) is 3.57. The van der Waals surface area contributed by atoms with E-state index in [0.29, 0.717) is 24.5 Å². The summed E-state index contributed by atoms with van der Waals surface area (Å²) in [7, 11) is 1.65. The molecule has 4 rings (SSSR count). The number of carbonyl (C=O) groups excluding carboxylic acids is 2. The lowest BCUT2D eigenvalue weighted by Crippen LogP contribution is -2.49. The number of benzene rings is 2. The SMILES string of the molecule is COc1ccc(N2CCN(C(=O)Cc3csc(SCC(=O)Nc4ccc(F)cc4)n3)CC2)cc1. The van der Waals surface area contributed by atoms with Gasteiger partial charge in [0.1, 0.15) is 11.6 Å². The van der Waals surface area contributed by atoms with Crippen molar-refractivity contribution in [1.29, 1.82) is 0 Å². The number of carbonyl (C=O) groups is 2. The normalized spacial score (nSPS) is 13.6. The lowest BCUT2D eigenvalue weighted by molar-refractivity contribution is -0.130. The fraction of sp³-hybridized carbons (Fsp3) is 0.292. The van der Waals surface area contributed by atoms with Gasteiger partial charge >= 0.3 is 0 Å². The highest BCUT2D eigenvalue weighted by atomic mass is 32.2. The van der Waals surface area contributed by atoms with Gasteiger partial charge in [0.05, 0.1) is 25.0 Å². The van der Waals surface area contributed by atoms with Crippen molar-refractivity contribution < 1.29 is 18.7 Å². The van der Waals surface area contributed by atoms with Crippen molar-refractivity contribution >= 4 is 46.3 Å². The third kappa shape index (κ3) is 6.48. The van der Waals surface area contributed by atoms with Crippen LogP contribution in [-0.4, -0.2) is 60.7 Å². The van der Waals surface area contributed by atoms with Gasteiger partial charge in [0.15, 0.2) is 4.34 Å². The lowest BCUT2D eigenvalue weighted by atomic mass is 10.2. The summed E-state index contributed by atoms with van der Waals surface area (Å²) in [6.07, 6.45) is 0.251. The number of thiazole rings is 1. The minimum atomic E-state index is -0.351. The van der Waals surface area contributed by atoms with Crippen molar-refractivity contribution in [2.24, 2.45) is 0 Å². The van der Waals surface area contributed by atoms with Gasteiger partial charge in [0.2, 0.25) is 11.8 Å². The summed E-state index contributed by atoms with van der Waals surface area (Å²) in [4.78, 5) is 33.5. The molecule has 0 radical (unpaired) electrons. The molecule has 1 fully saturated rings. The summed E-state index contributed by atoms with van der Waals surface area (Å²) < 4.78 is 18.9. The molecular weight excluding hydrogens is 475 g/mol. The number of ether oxygens (including phenoxy) is 1. The van der Waals surface area contributed by atoms with E-state index >= 15 is 0 Å². The number of aromatic nitrogens is 1. The first-order valence-corrected chi connectivity index (χ1v) is 12.7. The molecule has 2 heterocycles. The molecule has 0 spiro atoms. The third-order valence-electron chi connectivity index (χ3n) is 5.39. The number of hydrogen-bond donors (Lipinski definition) is 1. The number of nitrogens with zero attached hydrogens (tertiary/aromatic N) is 3. The molecule has 0 unspecified atom stereocenters. The van der Waals surface area contributed by atoms with Crippen LogP contribution in [0.1, 0.15) is 5.69 Å². The van der Waals surface area contributed by atoms with Crippen LogP contribution >= 0.6 is 23.1 Å². The topological polar surface area (TPSA) is 74.8 Å². The number of halogens is 1. The quantitative estimate of drug-likeness (QED) is 0.473. The number of piperazine rings is 1. The van der Waals surface area contributed by atoms with E-state index in [-0.39, 0.29) is 29.8 Å². The van der Waals surface area contributed by atoms with Gasteiger partial charge in [-0.1, -0.05) is 11.8 Å². The van der Waals surface area contributed by atoms with E-state index in [9.17, 15) is 14.0 Å². The van der Waals surface area contributed by atoms with E-state index in [1.165, 1.54) is 47.4 Å². The van der Waals surface area contributed by atoms with Crippen LogP contribution in [0.15, 0.2) is 58.3 Å². The van der Waals surface area contributed by atoms with Gasteiger partial charge in [-0.15, -0.1) is 11.3 Å². The third-order valence-corrected chi connectivity index (χ3v) is 7.46. The minimum Gasteiger partial charge on any atom is -0.497 e. The fourth-order valence-corrected chi connectivity index (χ4v) is 5.21. The van der Waals surface area contributed by atoms with Crippen LogP contribution in [0.2, 0.25) is 0 Å². The molecule has 2 amide bonds. The lowest BCUT2D eigenvalue weighted by Gasteiger charge is -2.36. The van der Waals surface area contributed by atoms with Crippen molar-refractivity contribution in [2.75, 3.05) is 49.3 Å². The number of nitrogens with one attached hydrogen (secondary N) is 1. The molecule has 3 aromatic rings. The van der Waals surface area contributed by atoms with E-state index in [4.69, 9.17) is 4.74 Å². The zero-order valence-corrected chi connectivity index (χ0v) is 20.3. The van der Waals surface area contributed by atoms with Crippen LogP contribution in [-0.2, 0) is 16.0 Å². The smallest absolute Gasteiger partial charge is 0.234 e. The monoisotopic (exact) mass is 500 g/mol. The van der Waals surface area contributed by atoms with Crippen LogP contribution in [0.5, 0.6) is 5.75 Å². The number of rotatable bonds is 8. The maximum Gasteiger partial charge on any atom is 0.234 e. The van der Waals surface area contributed by atoms with E-state index in [2.05, 4.69) is 15.2 Å². The molecule has 1 N–H and O–H groups in total. The Morgan fingerprint density at radius 2 is 1.79 bits per heavy atom. The summed E-state index contributed by atoms with van der Waals surface area (Å²) in [6, 6.07) is 13.6. The van der Waals surface area contributed by atoms with E-state index in [1.54, 1.807) is 7.11 Å². The van der Waals surface area contributed by atoms with Gasteiger partial charge in [-0.3, -0.25) is 9.59 Å². The van der Waals surface area contributed by atoms with E-state index < -0.39 is 0 Å². The molecule has 10 heteroatoms. The van der Waals surface area contributed by atoms with Gasteiger partial charge in [-0.25, -0.2) is 9.37 Å². The molecule has 1 saturated heterocycles. The summed E-state index contributed by atoms with van der Waals surface area (Å²) in [6.45, 7) is 2.89. The second-order valence-corrected chi connectivity index (χ2v) is 9.77. The standard InChI is InChI=1S/C24H25FN4O3S2/c1-32-21-8-6-20(7-9-21)28-10-12-29(13-11-28)23(31)14-19-15-33-24(27-19)34-16-22(30)26-18-4-2-17(25)3-5-18/h2-9,15H,10-14,16H2,1H3,(H,26,30). The Morgan fingerprint density at radius 3 is 2.47 bits per heavy atom. The predicted octanol–water partition coefficient (Wildman–Crippen LogP) is 3.91. The number of methoxy groups -OCH3 is 1. The maximum absolute atomic E-state index is 13.0. The van der Waals surface area contributed by atoms with Crippen LogP contribution in [0.3, 0.4) is 0 Å². The Balaban J connectivity index is 1.21. The highest BCUT2D eigenvalue weighted by molar-refractivity contribution is 8.01. The highest BCUT2D eigenvalue weighted by Gasteiger charge is 2.22. The largest absolute Gasteiger partial charge is 0.497 e.